The molecule has 2 aromatic rings. The molecule has 0 fully saturated rings. The van der Waals surface area contributed by atoms with Crippen LogP contribution in [0.3, 0.4) is 0 Å². The summed E-state index contributed by atoms with van der Waals surface area (Å²) in [6.45, 7) is 3.44. The first-order chi connectivity index (χ1) is 9.76. The Morgan fingerprint density at radius 2 is 2.45 bits per heavy atom. The number of carbonyl (C=O) groups is 1. The molecule has 0 saturated heterocycles. The van der Waals surface area contributed by atoms with Crippen molar-refractivity contribution >= 4 is 17.3 Å². The summed E-state index contributed by atoms with van der Waals surface area (Å²) < 4.78 is 6.88. The van der Waals surface area contributed by atoms with Gasteiger partial charge in [-0.3, -0.25) is 4.79 Å². The maximum Gasteiger partial charge on any atom is 0.322 e. The van der Waals surface area contributed by atoms with E-state index in [1.54, 1.807) is 17.5 Å². The molecule has 0 radical (unpaired) electrons. The van der Waals surface area contributed by atoms with Crippen LogP contribution in [0.5, 0.6) is 0 Å². The Bertz CT molecular complexity index is 536. The van der Waals surface area contributed by atoms with Crippen LogP contribution in [0, 0.1) is 0 Å². The Kier molecular flexibility index (Phi) is 5.31. The monoisotopic (exact) mass is 293 g/mol. The minimum Gasteiger partial charge on any atom is -0.468 e. The molecule has 0 aliphatic carbocycles. The van der Waals surface area contributed by atoms with E-state index in [9.17, 15) is 4.79 Å². The zero-order valence-corrected chi connectivity index (χ0v) is 12.5. The fourth-order valence-corrected chi connectivity index (χ4v) is 2.82. The molecule has 0 aliphatic heterocycles. The van der Waals surface area contributed by atoms with Crippen LogP contribution in [0.15, 0.2) is 29.9 Å². The summed E-state index contributed by atoms with van der Waals surface area (Å²) in [7, 11) is 1.42. The molecule has 6 heteroatoms. The molecule has 1 atom stereocenters. The number of likely N-dealkylation sites (N-methyl/N-ethyl adjacent to an activating group) is 1. The second kappa shape index (κ2) is 7.21. The predicted octanol–water partition coefficient (Wildman–Crippen LogP) is 2.15. The third-order valence-electron chi connectivity index (χ3n) is 3.05. The van der Waals surface area contributed by atoms with Crippen LogP contribution in [-0.4, -0.2) is 35.2 Å². The molecule has 0 aliphatic rings. The number of hydrogen-bond donors (Lipinski definition) is 1. The number of carbonyl (C=O) groups excluding carboxylic acids is 1. The molecule has 0 aromatic carbocycles. The van der Waals surface area contributed by atoms with E-state index in [0.29, 0.717) is 6.42 Å². The van der Waals surface area contributed by atoms with Gasteiger partial charge in [-0.25, -0.2) is 4.98 Å². The molecule has 2 heterocycles. The van der Waals surface area contributed by atoms with E-state index in [1.165, 1.54) is 7.11 Å². The van der Waals surface area contributed by atoms with Crippen LogP contribution in [0.1, 0.15) is 13.3 Å². The summed E-state index contributed by atoms with van der Waals surface area (Å²) >= 11 is 1.66. The largest absolute Gasteiger partial charge is 0.468 e. The van der Waals surface area contributed by atoms with Crippen molar-refractivity contribution in [2.75, 3.05) is 13.7 Å². The normalized spacial score (nSPS) is 12.3. The fraction of sp³-hybridized carbons (Fsp3) is 0.429. The van der Waals surface area contributed by atoms with Crippen molar-refractivity contribution in [1.82, 2.24) is 14.9 Å². The molecule has 108 valence electrons. The second-order valence-electron chi connectivity index (χ2n) is 4.34. The Balaban J connectivity index is 2.03. The molecule has 1 unspecified atom stereocenters. The summed E-state index contributed by atoms with van der Waals surface area (Å²) in [6.07, 6.45) is 4.40. The number of imidazole rings is 1. The van der Waals surface area contributed by atoms with Crippen LogP contribution >= 0.6 is 11.3 Å². The minimum atomic E-state index is -0.274. The lowest BCUT2D eigenvalue weighted by Gasteiger charge is -2.16. The smallest absolute Gasteiger partial charge is 0.322 e. The van der Waals surface area contributed by atoms with Crippen LogP contribution in [-0.2, 0) is 16.1 Å². The van der Waals surface area contributed by atoms with E-state index in [2.05, 4.69) is 14.9 Å². The molecular formula is C14H19N3O2S. The van der Waals surface area contributed by atoms with Crippen molar-refractivity contribution in [3.8, 4) is 10.7 Å². The van der Waals surface area contributed by atoms with Gasteiger partial charge in [-0.05, 0) is 24.4 Å². The third kappa shape index (κ3) is 3.46. The van der Waals surface area contributed by atoms with Crippen molar-refractivity contribution in [2.24, 2.45) is 0 Å². The number of hydrogen-bond acceptors (Lipinski definition) is 5. The van der Waals surface area contributed by atoms with E-state index in [0.717, 1.165) is 23.8 Å². The van der Waals surface area contributed by atoms with Gasteiger partial charge in [-0.2, -0.15) is 0 Å². The molecule has 0 bridgehead atoms. The predicted molar refractivity (Wildman–Crippen MR) is 79.6 cm³/mol. The highest BCUT2D eigenvalue weighted by atomic mass is 32.1. The molecule has 0 spiro atoms. The summed E-state index contributed by atoms with van der Waals surface area (Å²) in [5.41, 5.74) is 0. The van der Waals surface area contributed by atoms with Crippen LogP contribution in [0.2, 0.25) is 0 Å². The Morgan fingerprint density at radius 1 is 1.60 bits per heavy atom. The molecule has 5 nitrogen and oxygen atoms in total. The molecule has 0 amide bonds. The number of nitrogens with zero attached hydrogens (tertiary/aromatic N) is 2. The van der Waals surface area contributed by atoms with Crippen LogP contribution in [0.4, 0.5) is 0 Å². The highest BCUT2D eigenvalue weighted by Crippen LogP contribution is 2.23. The lowest BCUT2D eigenvalue weighted by Crippen LogP contribution is -2.38. The zero-order chi connectivity index (χ0) is 14.4. The van der Waals surface area contributed by atoms with Gasteiger partial charge in [0.2, 0.25) is 0 Å². The van der Waals surface area contributed by atoms with E-state index >= 15 is 0 Å². The SMILES string of the molecule is CCNC(CCn1ccnc1-c1cccs1)C(=O)OC. The van der Waals surface area contributed by atoms with E-state index in [-0.39, 0.29) is 12.0 Å². The topological polar surface area (TPSA) is 56.2 Å². The number of aryl methyl sites for hydroxylation is 1. The van der Waals surface area contributed by atoms with Crippen molar-refractivity contribution in [3.63, 3.8) is 0 Å². The number of esters is 1. The molecule has 0 saturated carbocycles. The first kappa shape index (κ1) is 14.7. The highest BCUT2D eigenvalue weighted by Gasteiger charge is 2.18. The number of aromatic nitrogens is 2. The van der Waals surface area contributed by atoms with E-state index in [4.69, 9.17) is 4.74 Å². The van der Waals surface area contributed by atoms with Crippen LogP contribution in [0.25, 0.3) is 10.7 Å². The Hall–Kier alpha value is -1.66. The number of methoxy groups -OCH3 is 1. The van der Waals surface area contributed by atoms with Crippen molar-refractivity contribution in [1.29, 1.82) is 0 Å². The van der Waals surface area contributed by atoms with Gasteiger partial charge in [0, 0.05) is 18.9 Å². The molecule has 2 aromatic heterocycles. The number of ether oxygens (including phenoxy) is 1. The van der Waals surface area contributed by atoms with Gasteiger partial charge in [0.25, 0.3) is 0 Å². The number of thiophene rings is 1. The van der Waals surface area contributed by atoms with Crippen molar-refractivity contribution in [3.05, 3.63) is 29.9 Å². The van der Waals surface area contributed by atoms with Gasteiger partial charge >= 0.3 is 5.97 Å². The first-order valence-corrected chi connectivity index (χ1v) is 7.50. The lowest BCUT2D eigenvalue weighted by molar-refractivity contribution is -0.143. The number of rotatable bonds is 7. The quantitative estimate of drug-likeness (QED) is 0.795. The third-order valence-corrected chi connectivity index (χ3v) is 3.92. The second-order valence-corrected chi connectivity index (χ2v) is 5.29. The van der Waals surface area contributed by atoms with Gasteiger partial charge in [-0.1, -0.05) is 13.0 Å². The van der Waals surface area contributed by atoms with Gasteiger partial charge < -0.3 is 14.6 Å². The summed E-state index contributed by atoms with van der Waals surface area (Å²) in [5, 5.41) is 5.18. The number of nitrogens with one attached hydrogen (secondary N) is 1. The average molecular weight is 293 g/mol. The molecule has 2 rings (SSSR count). The standard InChI is InChI=1S/C14H19N3O2S/c1-3-15-11(14(18)19-2)6-8-17-9-7-16-13(17)12-5-4-10-20-12/h4-5,7,9-11,15H,3,6,8H2,1-2H3. The summed E-state index contributed by atoms with van der Waals surface area (Å²) in [6, 6.07) is 3.78. The van der Waals surface area contributed by atoms with Crippen molar-refractivity contribution in [2.45, 2.75) is 25.9 Å². The fourth-order valence-electron chi connectivity index (χ4n) is 2.08. The molecular weight excluding hydrogens is 274 g/mol. The summed E-state index contributed by atoms with van der Waals surface area (Å²) in [4.78, 5) is 17.2. The van der Waals surface area contributed by atoms with Gasteiger partial charge in [0.15, 0.2) is 0 Å². The van der Waals surface area contributed by atoms with Crippen LogP contribution < -0.4 is 5.32 Å². The van der Waals surface area contributed by atoms with E-state index in [1.807, 2.05) is 30.6 Å². The molecule has 20 heavy (non-hydrogen) atoms. The minimum absolute atomic E-state index is 0.218. The Morgan fingerprint density at radius 3 is 3.10 bits per heavy atom. The molecule has 1 N–H and O–H groups in total. The zero-order valence-electron chi connectivity index (χ0n) is 11.7. The van der Waals surface area contributed by atoms with Gasteiger partial charge in [-0.15, -0.1) is 11.3 Å². The first-order valence-electron chi connectivity index (χ1n) is 6.62. The van der Waals surface area contributed by atoms with Crippen molar-refractivity contribution < 1.29 is 9.53 Å². The summed E-state index contributed by atoms with van der Waals surface area (Å²) in [5.74, 6) is 0.727. The average Bonchev–Trinajstić information content (AvgIpc) is 3.12. The Labute approximate surface area is 122 Å². The lowest BCUT2D eigenvalue weighted by atomic mass is 10.2. The van der Waals surface area contributed by atoms with Gasteiger partial charge in [0.1, 0.15) is 11.9 Å². The van der Waals surface area contributed by atoms with Gasteiger partial charge in [0.05, 0.1) is 12.0 Å². The maximum atomic E-state index is 11.7. The maximum absolute atomic E-state index is 11.7. The highest BCUT2D eigenvalue weighted by molar-refractivity contribution is 7.13. The van der Waals surface area contributed by atoms with E-state index < -0.39 is 0 Å².